The Morgan fingerprint density at radius 3 is 2.42 bits per heavy atom. The molecular weight excluding hydrogens is 326 g/mol. The monoisotopic (exact) mass is 343 g/mol. The van der Waals surface area contributed by atoms with Gasteiger partial charge in [-0.2, -0.15) is 0 Å². The molecule has 1 aliphatic rings. The molecule has 0 saturated carbocycles. The fourth-order valence-corrected chi connectivity index (χ4v) is 3.07. The Morgan fingerprint density at radius 1 is 1.04 bits per heavy atom. The number of ketones is 1. The molecular formula is C19H18ClNO3. The van der Waals surface area contributed by atoms with Crippen molar-refractivity contribution in [2.24, 2.45) is 0 Å². The van der Waals surface area contributed by atoms with Crippen molar-refractivity contribution in [2.75, 3.05) is 5.88 Å². The van der Waals surface area contributed by atoms with Gasteiger partial charge in [0.1, 0.15) is 6.61 Å². The number of halogens is 1. The number of ether oxygens (including phenoxy) is 1. The number of Topliss-reactive ketones (excluding diaryl/α,β-unsaturated/α-hetero) is 1. The van der Waals surface area contributed by atoms with Gasteiger partial charge >= 0.3 is 6.09 Å². The lowest BCUT2D eigenvalue weighted by Gasteiger charge is -2.35. The van der Waals surface area contributed by atoms with E-state index in [1.165, 1.54) is 4.90 Å². The maximum absolute atomic E-state index is 12.5. The van der Waals surface area contributed by atoms with Crippen LogP contribution in [0.4, 0.5) is 4.79 Å². The smallest absolute Gasteiger partial charge is 0.411 e. The summed E-state index contributed by atoms with van der Waals surface area (Å²) >= 11 is 5.73. The van der Waals surface area contributed by atoms with Crippen molar-refractivity contribution in [3.05, 3.63) is 71.3 Å². The zero-order valence-electron chi connectivity index (χ0n) is 13.2. The van der Waals surface area contributed by atoms with Gasteiger partial charge in [0.15, 0.2) is 5.78 Å². The Morgan fingerprint density at radius 2 is 1.71 bits per heavy atom. The van der Waals surface area contributed by atoms with Crippen LogP contribution in [-0.2, 0) is 29.1 Å². The first-order chi connectivity index (χ1) is 11.7. The minimum atomic E-state index is -0.569. The summed E-state index contributed by atoms with van der Waals surface area (Å²) in [5.74, 6) is -0.280. The van der Waals surface area contributed by atoms with E-state index in [0.717, 1.165) is 16.7 Å². The van der Waals surface area contributed by atoms with Crippen LogP contribution in [0.3, 0.4) is 0 Å². The highest BCUT2D eigenvalue weighted by Crippen LogP contribution is 2.25. The van der Waals surface area contributed by atoms with Crippen molar-refractivity contribution in [3.8, 4) is 0 Å². The maximum atomic E-state index is 12.5. The SMILES string of the molecule is O=C(CCl)C1Cc2ccccc2CN1C(=O)OCc1ccccc1. The van der Waals surface area contributed by atoms with Crippen molar-refractivity contribution in [1.29, 1.82) is 0 Å². The van der Waals surface area contributed by atoms with Crippen LogP contribution >= 0.6 is 11.6 Å². The molecule has 2 aromatic rings. The van der Waals surface area contributed by atoms with Crippen molar-refractivity contribution in [2.45, 2.75) is 25.6 Å². The highest BCUT2D eigenvalue weighted by molar-refractivity contribution is 6.28. The van der Waals surface area contributed by atoms with Crippen LogP contribution in [0.15, 0.2) is 54.6 Å². The van der Waals surface area contributed by atoms with Crippen molar-refractivity contribution < 1.29 is 14.3 Å². The van der Waals surface area contributed by atoms with Crippen molar-refractivity contribution in [1.82, 2.24) is 4.90 Å². The third kappa shape index (κ3) is 3.60. The zero-order chi connectivity index (χ0) is 16.9. The van der Waals surface area contributed by atoms with Gasteiger partial charge in [-0.05, 0) is 16.7 Å². The highest BCUT2D eigenvalue weighted by Gasteiger charge is 2.34. The van der Waals surface area contributed by atoms with Crippen LogP contribution in [0.25, 0.3) is 0 Å². The van der Waals surface area contributed by atoms with E-state index in [0.29, 0.717) is 13.0 Å². The molecule has 5 heteroatoms. The Bertz CT molecular complexity index is 732. The Kier molecular flexibility index (Phi) is 5.16. The summed E-state index contributed by atoms with van der Waals surface area (Å²) in [5.41, 5.74) is 3.02. The van der Waals surface area contributed by atoms with Crippen LogP contribution in [-0.4, -0.2) is 28.7 Å². The summed E-state index contributed by atoms with van der Waals surface area (Å²) in [5, 5.41) is 0. The number of carbonyl (C=O) groups excluding carboxylic acids is 2. The average Bonchev–Trinajstić information content (AvgIpc) is 2.65. The van der Waals surface area contributed by atoms with E-state index in [2.05, 4.69) is 0 Å². The van der Waals surface area contributed by atoms with E-state index in [4.69, 9.17) is 16.3 Å². The van der Waals surface area contributed by atoms with Gasteiger partial charge in [0.25, 0.3) is 0 Å². The molecule has 0 aromatic heterocycles. The largest absolute Gasteiger partial charge is 0.445 e. The van der Waals surface area contributed by atoms with Crippen LogP contribution in [0.5, 0.6) is 0 Å². The average molecular weight is 344 g/mol. The first kappa shape index (κ1) is 16.5. The van der Waals surface area contributed by atoms with E-state index in [1.54, 1.807) is 0 Å². The summed E-state index contributed by atoms with van der Waals surface area (Å²) in [6, 6.07) is 16.7. The van der Waals surface area contributed by atoms with Gasteiger partial charge in [0.2, 0.25) is 0 Å². The molecule has 3 rings (SSSR count). The third-order valence-electron chi connectivity index (χ3n) is 4.19. The summed E-state index contributed by atoms with van der Waals surface area (Å²) in [4.78, 5) is 26.2. The van der Waals surface area contributed by atoms with E-state index < -0.39 is 12.1 Å². The number of hydrogen-bond acceptors (Lipinski definition) is 3. The molecule has 0 aliphatic carbocycles. The number of carbonyl (C=O) groups is 2. The van der Waals surface area contributed by atoms with E-state index >= 15 is 0 Å². The van der Waals surface area contributed by atoms with Gasteiger partial charge in [-0.25, -0.2) is 4.79 Å². The molecule has 0 bridgehead atoms. The number of fused-ring (bicyclic) bond motifs is 1. The molecule has 0 radical (unpaired) electrons. The lowest BCUT2D eigenvalue weighted by molar-refractivity contribution is -0.122. The standard InChI is InChI=1S/C19H18ClNO3/c20-11-18(22)17-10-15-8-4-5-9-16(15)12-21(17)19(23)24-13-14-6-2-1-3-7-14/h1-9,17H,10-13H2. The Hall–Kier alpha value is -2.33. The summed E-state index contributed by atoms with van der Waals surface area (Å²) < 4.78 is 5.40. The van der Waals surface area contributed by atoms with Crippen molar-refractivity contribution in [3.63, 3.8) is 0 Å². The molecule has 1 aliphatic heterocycles. The quantitative estimate of drug-likeness (QED) is 0.797. The second-order valence-electron chi connectivity index (χ2n) is 5.76. The number of benzene rings is 2. The van der Waals surface area contributed by atoms with Crippen LogP contribution in [0.2, 0.25) is 0 Å². The molecule has 0 fully saturated rings. The summed E-state index contributed by atoms with van der Waals surface area (Å²) in [7, 11) is 0. The predicted molar refractivity (Wildman–Crippen MR) is 91.8 cm³/mol. The minimum Gasteiger partial charge on any atom is -0.445 e. The number of amides is 1. The predicted octanol–water partition coefficient (Wildman–Crippen LogP) is 3.56. The van der Waals surface area contributed by atoms with E-state index in [9.17, 15) is 9.59 Å². The Balaban J connectivity index is 1.75. The zero-order valence-corrected chi connectivity index (χ0v) is 13.9. The first-order valence-corrected chi connectivity index (χ1v) is 8.35. The lowest BCUT2D eigenvalue weighted by atomic mass is 9.92. The number of hydrogen-bond donors (Lipinski definition) is 0. The third-order valence-corrected chi connectivity index (χ3v) is 4.45. The minimum absolute atomic E-state index is 0.116. The van der Waals surface area contributed by atoms with Gasteiger partial charge < -0.3 is 4.74 Å². The number of rotatable bonds is 4. The number of alkyl halides is 1. The van der Waals surface area contributed by atoms with Gasteiger partial charge in [-0.3, -0.25) is 9.69 Å². The molecule has 1 atom stereocenters. The molecule has 4 nitrogen and oxygen atoms in total. The molecule has 0 N–H and O–H groups in total. The molecule has 1 heterocycles. The maximum Gasteiger partial charge on any atom is 0.411 e. The molecule has 124 valence electrons. The van der Waals surface area contributed by atoms with Gasteiger partial charge in [0.05, 0.1) is 18.5 Å². The van der Waals surface area contributed by atoms with Crippen LogP contribution < -0.4 is 0 Å². The molecule has 1 unspecified atom stereocenters. The second kappa shape index (κ2) is 7.49. The fraction of sp³-hybridized carbons (Fsp3) is 0.263. The number of nitrogens with zero attached hydrogens (tertiary/aromatic N) is 1. The van der Waals surface area contributed by atoms with Gasteiger partial charge in [0, 0.05) is 6.42 Å². The van der Waals surface area contributed by atoms with Crippen LogP contribution in [0.1, 0.15) is 16.7 Å². The highest BCUT2D eigenvalue weighted by atomic mass is 35.5. The normalized spacial score (nSPS) is 16.4. The Labute approximate surface area is 146 Å². The molecule has 1 amide bonds. The first-order valence-electron chi connectivity index (χ1n) is 7.82. The summed E-state index contributed by atoms with van der Waals surface area (Å²) in [6.07, 6.45) is -0.0147. The topological polar surface area (TPSA) is 46.6 Å². The van der Waals surface area contributed by atoms with E-state index in [-0.39, 0.29) is 18.3 Å². The van der Waals surface area contributed by atoms with Gasteiger partial charge in [-0.15, -0.1) is 11.6 Å². The fourth-order valence-electron chi connectivity index (χ4n) is 2.89. The molecule has 24 heavy (non-hydrogen) atoms. The van der Waals surface area contributed by atoms with Gasteiger partial charge in [-0.1, -0.05) is 54.6 Å². The molecule has 0 spiro atoms. The summed E-state index contributed by atoms with van der Waals surface area (Å²) in [6.45, 7) is 0.538. The second-order valence-corrected chi connectivity index (χ2v) is 6.02. The van der Waals surface area contributed by atoms with Crippen molar-refractivity contribution >= 4 is 23.5 Å². The van der Waals surface area contributed by atoms with Crippen LogP contribution in [0, 0.1) is 0 Å². The molecule has 2 aromatic carbocycles. The molecule has 0 saturated heterocycles. The lowest BCUT2D eigenvalue weighted by Crippen LogP contribution is -2.49. The van der Waals surface area contributed by atoms with E-state index in [1.807, 2.05) is 54.6 Å².